The molecule has 0 aromatic heterocycles. The highest BCUT2D eigenvalue weighted by Crippen LogP contribution is 2.03. The molecule has 14 heavy (non-hydrogen) atoms. The van der Waals surface area contributed by atoms with Crippen LogP contribution in [0.25, 0.3) is 0 Å². The quantitative estimate of drug-likeness (QED) is 0.617. The minimum atomic E-state index is -1.33. The van der Waals surface area contributed by atoms with Gasteiger partial charge in [-0.05, 0) is 19.8 Å². The van der Waals surface area contributed by atoms with Crippen molar-refractivity contribution in [3.63, 3.8) is 0 Å². The van der Waals surface area contributed by atoms with Gasteiger partial charge in [0.2, 0.25) is 0 Å². The molecule has 0 aliphatic carbocycles. The second kappa shape index (κ2) is 6.37. The lowest BCUT2D eigenvalue weighted by molar-refractivity contribution is -0.159. The smallest absolute Gasteiger partial charge is 0.335 e. The van der Waals surface area contributed by atoms with Gasteiger partial charge in [0.15, 0.2) is 6.10 Å². The largest absolute Gasteiger partial charge is 0.481 e. The third kappa shape index (κ3) is 5.53. The van der Waals surface area contributed by atoms with Crippen LogP contribution >= 0.6 is 0 Å². The zero-order chi connectivity index (χ0) is 11.1. The molecule has 0 aromatic carbocycles. The number of esters is 1. The number of aliphatic hydroxyl groups is 1. The topological polar surface area (TPSA) is 83.8 Å². The molecule has 0 saturated carbocycles. The van der Waals surface area contributed by atoms with Gasteiger partial charge < -0.3 is 14.9 Å². The highest BCUT2D eigenvalue weighted by atomic mass is 16.6. The van der Waals surface area contributed by atoms with Crippen LogP contribution in [0.1, 0.15) is 33.1 Å². The van der Waals surface area contributed by atoms with Gasteiger partial charge in [0.1, 0.15) is 0 Å². The van der Waals surface area contributed by atoms with E-state index in [0.717, 1.165) is 0 Å². The normalized spacial score (nSPS) is 14.5. The highest BCUT2D eigenvalue weighted by molar-refractivity contribution is 5.75. The first-order chi connectivity index (χ1) is 6.47. The monoisotopic (exact) mass is 204 g/mol. The average molecular weight is 204 g/mol. The molecule has 0 heterocycles. The van der Waals surface area contributed by atoms with Gasteiger partial charge in [0.25, 0.3) is 0 Å². The van der Waals surface area contributed by atoms with Crippen molar-refractivity contribution in [1.29, 1.82) is 0 Å². The molecule has 0 fully saturated rings. The third-order valence-electron chi connectivity index (χ3n) is 1.80. The molecule has 0 saturated heterocycles. The van der Waals surface area contributed by atoms with Crippen LogP contribution in [0.15, 0.2) is 0 Å². The molecule has 0 aromatic rings. The maximum atomic E-state index is 11.1. The zero-order valence-electron chi connectivity index (χ0n) is 8.40. The number of carboxylic acids is 1. The predicted octanol–water partition coefficient (Wildman–Crippen LogP) is 0.554. The molecular formula is C9H16O5. The number of carboxylic acid groups (broad SMARTS) is 1. The summed E-state index contributed by atoms with van der Waals surface area (Å²) in [6.45, 7) is 3.56. The molecule has 0 spiro atoms. The van der Waals surface area contributed by atoms with Crippen LogP contribution in [-0.2, 0) is 14.3 Å². The van der Waals surface area contributed by atoms with Crippen LogP contribution < -0.4 is 0 Å². The van der Waals surface area contributed by atoms with E-state index >= 15 is 0 Å². The number of ether oxygens (including phenoxy) is 1. The van der Waals surface area contributed by atoms with Crippen LogP contribution in [0.5, 0.6) is 0 Å². The highest BCUT2D eigenvalue weighted by Gasteiger charge is 2.19. The van der Waals surface area contributed by atoms with Crippen molar-refractivity contribution in [1.82, 2.24) is 0 Å². The minimum Gasteiger partial charge on any atom is -0.481 e. The number of aliphatic hydroxyl groups excluding tert-OH is 1. The van der Waals surface area contributed by atoms with E-state index in [1.54, 1.807) is 6.92 Å². The Balaban J connectivity index is 3.81. The Labute approximate surface area is 82.7 Å². The van der Waals surface area contributed by atoms with E-state index in [1.807, 2.05) is 6.92 Å². The summed E-state index contributed by atoms with van der Waals surface area (Å²) in [5.74, 6) is -1.79. The molecule has 2 unspecified atom stereocenters. The lowest BCUT2D eigenvalue weighted by Gasteiger charge is -2.13. The Hall–Kier alpha value is -1.10. The van der Waals surface area contributed by atoms with Gasteiger partial charge in [0, 0.05) is 6.42 Å². The molecular weight excluding hydrogens is 188 g/mol. The van der Waals surface area contributed by atoms with Crippen molar-refractivity contribution in [2.75, 3.05) is 0 Å². The molecule has 0 amide bonds. The van der Waals surface area contributed by atoms with Crippen LogP contribution in [0.3, 0.4) is 0 Å². The molecule has 0 radical (unpaired) electrons. The van der Waals surface area contributed by atoms with Crippen molar-refractivity contribution in [3.05, 3.63) is 0 Å². The van der Waals surface area contributed by atoms with Crippen LogP contribution in [0, 0.1) is 0 Å². The summed E-state index contributed by atoms with van der Waals surface area (Å²) < 4.78 is 4.81. The Morgan fingerprint density at radius 3 is 2.43 bits per heavy atom. The molecule has 5 nitrogen and oxygen atoms in total. The molecule has 5 heteroatoms. The van der Waals surface area contributed by atoms with Gasteiger partial charge in [0.05, 0.1) is 6.10 Å². The van der Waals surface area contributed by atoms with E-state index in [4.69, 9.17) is 9.84 Å². The number of hydrogen-bond donors (Lipinski definition) is 2. The molecule has 82 valence electrons. The maximum Gasteiger partial charge on any atom is 0.335 e. The molecule has 2 atom stereocenters. The first kappa shape index (κ1) is 12.9. The number of carbonyl (C=O) groups is 2. The van der Waals surface area contributed by atoms with Crippen molar-refractivity contribution in [2.45, 2.75) is 45.3 Å². The molecule has 0 aliphatic heterocycles. The zero-order valence-corrected chi connectivity index (χ0v) is 8.40. The van der Waals surface area contributed by atoms with Gasteiger partial charge in [-0.25, -0.2) is 4.79 Å². The minimum absolute atomic E-state index is 0.107. The second-order valence-electron chi connectivity index (χ2n) is 3.10. The SMILES string of the molecule is CCC(C)OC(=O)C(O)CCC(=O)O. The van der Waals surface area contributed by atoms with E-state index in [2.05, 4.69) is 0 Å². The number of rotatable bonds is 6. The van der Waals surface area contributed by atoms with Crippen LogP contribution in [0.4, 0.5) is 0 Å². The first-order valence-electron chi connectivity index (χ1n) is 4.57. The molecule has 0 aliphatic rings. The summed E-state index contributed by atoms with van der Waals surface area (Å²) in [5, 5.41) is 17.5. The Kier molecular flexibility index (Phi) is 5.87. The fourth-order valence-corrected chi connectivity index (χ4v) is 0.738. The fourth-order valence-electron chi connectivity index (χ4n) is 0.738. The van der Waals surface area contributed by atoms with Gasteiger partial charge >= 0.3 is 11.9 Å². The van der Waals surface area contributed by atoms with Gasteiger partial charge in [-0.2, -0.15) is 0 Å². The number of aliphatic carboxylic acids is 1. The van der Waals surface area contributed by atoms with Gasteiger partial charge in [-0.3, -0.25) is 4.79 Å². The summed E-state index contributed by atoms with van der Waals surface area (Å²) >= 11 is 0. The summed E-state index contributed by atoms with van der Waals surface area (Å²) in [6.07, 6.45) is -1.26. The second-order valence-corrected chi connectivity index (χ2v) is 3.10. The van der Waals surface area contributed by atoms with E-state index in [-0.39, 0.29) is 18.9 Å². The summed E-state index contributed by atoms with van der Waals surface area (Å²) in [7, 11) is 0. The van der Waals surface area contributed by atoms with Crippen molar-refractivity contribution < 1.29 is 24.5 Å². The standard InChI is InChI=1S/C9H16O5/c1-3-6(2)14-9(13)7(10)4-5-8(11)12/h6-7,10H,3-5H2,1-2H3,(H,11,12). The van der Waals surface area contributed by atoms with E-state index < -0.39 is 18.0 Å². The molecule has 0 bridgehead atoms. The fraction of sp³-hybridized carbons (Fsp3) is 0.778. The predicted molar refractivity (Wildman–Crippen MR) is 48.7 cm³/mol. The third-order valence-corrected chi connectivity index (χ3v) is 1.80. The van der Waals surface area contributed by atoms with Gasteiger partial charge in [-0.15, -0.1) is 0 Å². The molecule has 2 N–H and O–H groups in total. The summed E-state index contributed by atoms with van der Waals surface area (Å²) in [4.78, 5) is 21.2. The van der Waals surface area contributed by atoms with Gasteiger partial charge in [-0.1, -0.05) is 6.92 Å². The summed E-state index contributed by atoms with van der Waals surface area (Å²) in [5.41, 5.74) is 0. The molecule has 0 rings (SSSR count). The van der Waals surface area contributed by atoms with E-state index in [9.17, 15) is 14.7 Å². The van der Waals surface area contributed by atoms with E-state index in [1.165, 1.54) is 0 Å². The summed E-state index contributed by atoms with van der Waals surface area (Å²) in [6, 6.07) is 0. The average Bonchev–Trinajstić information content (AvgIpc) is 2.13. The van der Waals surface area contributed by atoms with Crippen LogP contribution in [-0.4, -0.2) is 34.4 Å². The Morgan fingerprint density at radius 1 is 1.43 bits per heavy atom. The van der Waals surface area contributed by atoms with Crippen LogP contribution in [0.2, 0.25) is 0 Å². The lowest BCUT2D eigenvalue weighted by atomic mass is 10.2. The first-order valence-corrected chi connectivity index (χ1v) is 4.57. The number of hydrogen-bond acceptors (Lipinski definition) is 4. The maximum absolute atomic E-state index is 11.1. The van der Waals surface area contributed by atoms with E-state index in [0.29, 0.717) is 6.42 Å². The van der Waals surface area contributed by atoms with Crippen molar-refractivity contribution >= 4 is 11.9 Å². The van der Waals surface area contributed by atoms with Crippen molar-refractivity contribution in [2.24, 2.45) is 0 Å². The lowest BCUT2D eigenvalue weighted by Crippen LogP contribution is -2.27. The Morgan fingerprint density at radius 2 is 2.00 bits per heavy atom. The van der Waals surface area contributed by atoms with Crippen molar-refractivity contribution in [3.8, 4) is 0 Å². The Bertz CT molecular complexity index is 201. The number of carbonyl (C=O) groups excluding carboxylic acids is 1.